The number of benzene rings is 3. The van der Waals surface area contributed by atoms with E-state index in [-0.39, 0.29) is 5.75 Å². The first kappa shape index (κ1) is 15.4. The molecule has 4 nitrogen and oxygen atoms in total. The van der Waals surface area contributed by atoms with Crippen LogP contribution in [0.5, 0.6) is 5.75 Å². The maximum absolute atomic E-state index is 10.1. The molecule has 0 saturated carbocycles. The highest BCUT2D eigenvalue weighted by atomic mass is 35.5. The lowest BCUT2D eigenvalue weighted by Gasteiger charge is -2.12. The average Bonchev–Trinajstić information content (AvgIpc) is 2.62. The van der Waals surface area contributed by atoms with Gasteiger partial charge in [-0.25, -0.2) is 9.97 Å². The molecule has 4 aromatic rings. The Hall–Kier alpha value is -3.11. The Kier molecular flexibility index (Phi) is 3.96. The lowest BCUT2D eigenvalue weighted by atomic mass is 10.1. The molecule has 2 N–H and O–H groups in total. The molecule has 0 saturated heterocycles. The summed E-state index contributed by atoms with van der Waals surface area (Å²) in [4.78, 5) is 9.22. The van der Waals surface area contributed by atoms with Gasteiger partial charge in [-0.2, -0.15) is 0 Å². The van der Waals surface area contributed by atoms with Crippen molar-refractivity contribution < 1.29 is 5.11 Å². The predicted molar refractivity (Wildman–Crippen MR) is 101 cm³/mol. The number of aromatic nitrogens is 2. The average molecular weight is 348 g/mol. The zero-order chi connectivity index (χ0) is 17.2. The number of phenols is 1. The minimum Gasteiger partial charge on any atom is -0.507 e. The third-order valence-electron chi connectivity index (χ3n) is 3.84. The van der Waals surface area contributed by atoms with E-state index in [0.717, 1.165) is 16.6 Å². The van der Waals surface area contributed by atoms with Crippen LogP contribution in [0.15, 0.2) is 72.8 Å². The fourth-order valence-corrected chi connectivity index (χ4v) is 2.85. The molecule has 5 heteroatoms. The summed E-state index contributed by atoms with van der Waals surface area (Å²) in [5.74, 6) is 1.26. The Labute approximate surface area is 149 Å². The number of nitrogens with zero attached hydrogens (tertiary/aromatic N) is 2. The number of para-hydroxylation sites is 2. The maximum Gasteiger partial charge on any atom is 0.165 e. The van der Waals surface area contributed by atoms with Gasteiger partial charge in [0.05, 0.1) is 11.1 Å². The molecule has 0 unspecified atom stereocenters. The van der Waals surface area contributed by atoms with E-state index in [4.69, 9.17) is 11.6 Å². The van der Waals surface area contributed by atoms with Gasteiger partial charge < -0.3 is 10.4 Å². The molecule has 3 aromatic carbocycles. The second-order valence-corrected chi connectivity index (χ2v) is 6.00. The van der Waals surface area contributed by atoms with Crippen molar-refractivity contribution in [2.24, 2.45) is 0 Å². The van der Waals surface area contributed by atoms with Crippen LogP contribution in [0.25, 0.3) is 22.3 Å². The topological polar surface area (TPSA) is 58.0 Å². The third-order valence-corrected chi connectivity index (χ3v) is 4.07. The van der Waals surface area contributed by atoms with Crippen molar-refractivity contribution in [1.29, 1.82) is 0 Å². The molecule has 0 atom stereocenters. The van der Waals surface area contributed by atoms with E-state index in [1.165, 1.54) is 0 Å². The molecule has 0 amide bonds. The number of fused-ring (bicyclic) bond motifs is 1. The van der Waals surface area contributed by atoms with E-state index in [1.807, 2.05) is 54.6 Å². The molecule has 0 spiro atoms. The zero-order valence-electron chi connectivity index (χ0n) is 13.1. The van der Waals surface area contributed by atoms with Gasteiger partial charge in [-0.05, 0) is 42.5 Å². The molecule has 1 aromatic heterocycles. The Morgan fingerprint density at radius 2 is 1.64 bits per heavy atom. The Balaban J connectivity index is 1.89. The largest absolute Gasteiger partial charge is 0.507 e. The Bertz CT molecular complexity index is 1070. The smallest absolute Gasteiger partial charge is 0.165 e. The Morgan fingerprint density at radius 1 is 0.840 bits per heavy atom. The van der Waals surface area contributed by atoms with Crippen molar-refractivity contribution in [3.63, 3.8) is 0 Å². The van der Waals surface area contributed by atoms with E-state index < -0.39 is 0 Å². The molecule has 4 rings (SSSR count). The first-order chi connectivity index (χ1) is 12.2. The summed E-state index contributed by atoms with van der Waals surface area (Å²) >= 11 is 6.07. The number of aromatic hydroxyl groups is 1. The highest BCUT2D eigenvalue weighted by Crippen LogP contribution is 2.31. The molecule has 0 fully saturated rings. The summed E-state index contributed by atoms with van der Waals surface area (Å²) in [5.41, 5.74) is 2.21. The van der Waals surface area contributed by atoms with E-state index >= 15 is 0 Å². The quantitative estimate of drug-likeness (QED) is 0.521. The van der Waals surface area contributed by atoms with Gasteiger partial charge in [0.15, 0.2) is 5.82 Å². The fraction of sp³-hybridized carbons (Fsp3) is 0. The minimum absolute atomic E-state index is 0.145. The third kappa shape index (κ3) is 3.12. The molecule has 1 heterocycles. The normalized spacial score (nSPS) is 10.8. The standard InChI is InChI=1S/C20H14ClN3O/c21-13-6-5-7-14(12-13)22-19-15-8-1-3-10-17(15)23-20(24-19)16-9-2-4-11-18(16)25/h1-12,25H,(H,22,23,24). The van der Waals surface area contributed by atoms with Gasteiger partial charge in [-0.1, -0.05) is 41.9 Å². The van der Waals surface area contributed by atoms with Gasteiger partial charge in [0.2, 0.25) is 0 Å². The molecule has 0 aliphatic carbocycles. The SMILES string of the molecule is Oc1ccccc1-c1nc(Nc2cccc(Cl)c2)c2ccccc2n1. The van der Waals surface area contributed by atoms with Crippen LogP contribution in [-0.4, -0.2) is 15.1 Å². The van der Waals surface area contributed by atoms with Crippen LogP contribution >= 0.6 is 11.6 Å². The second-order valence-electron chi connectivity index (χ2n) is 5.57. The summed E-state index contributed by atoms with van der Waals surface area (Å²) in [6.45, 7) is 0. The first-order valence-electron chi connectivity index (χ1n) is 7.78. The van der Waals surface area contributed by atoms with E-state index in [1.54, 1.807) is 18.2 Å². The fourth-order valence-electron chi connectivity index (χ4n) is 2.66. The van der Waals surface area contributed by atoms with Crippen LogP contribution in [0, 0.1) is 0 Å². The molecule has 25 heavy (non-hydrogen) atoms. The number of hydrogen-bond donors (Lipinski definition) is 2. The number of hydrogen-bond acceptors (Lipinski definition) is 4. The summed E-state index contributed by atoms with van der Waals surface area (Å²) < 4.78 is 0. The lowest BCUT2D eigenvalue weighted by molar-refractivity contribution is 0.477. The number of anilines is 2. The minimum atomic E-state index is 0.145. The number of halogens is 1. The van der Waals surface area contributed by atoms with Crippen molar-refractivity contribution in [1.82, 2.24) is 9.97 Å². The van der Waals surface area contributed by atoms with Gasteiger partial charge in [0.1, 0.15) is 11.6 Å². The molecule has 0 radical (unpaired) electrons. The molecule has 122 valence electrons. The summed E-state index contributed by atoms with van der Waals surface area (Å²) in [5, 5.41) is 15.0. The van der Waals surface area contributed by atoms with Crippen molar-refractivity contribution >= 4 is 34.0 Å². The van der Waals surface area contributed by atoms with Gasteiger partial charge >= 0.3 is 0 Å². The monoisotopic (exact) mass is 347 g/mol. The number of rotatable bonds is 3. The van der Waals surface area contributed by atoms with Gasteiger partial charge in [0.25, 0.3) is 0 Å². The van der Waals surface area contributed by atoms with Crippen molar-refractivity contribution in [3.8, 4) is 17.1 Å². The van der Waals surface area contributed by atoms with E-state index in [9.17, 15) is 5.11 Å². The molecule has 0 bridgehead atoms. The van der Waals surface area contributed by atoms with Crippen LogP contribution in [0.3, 0.4) is 0 Å². The molecule has 0 aliphatic heterocycles. The van der Waals surface area contributed by atoms with Crippen molar-refractivity contribution in [3.05, 3.63) is 77.8 Å². The van der Waals surface area contributed by atoms with Gasteiger partial charge in [-0.15, -0.1) is 0 Å². The highest BCUT2D eigenvalue weighted by Gasteiger charge is 2.12. The van der Waals surface area contributed by atoms with Crippen molar-refractivity contribution in [2.45, 2.75) is 0 Å². The van der Waals surface area contributed by atoms with Crippen molar-refractivity contribution in [2.75, 3.05) is 5.32 Å². The van der Waals surface area contributed by atoms with Crippen LogP contribution in [0.2, 0.25) is 5.02 Å². The van der Waals surface area contributed by atoms with E-state index in [2.05, 4.69) is 15.3 Å². The zero-order valence-corrected chi connectivity index (χ0v) is 13.9. The first-order valence-corrected chi connectivity index (χ1v) is 8.16. The lowest BCUT2D eigenvalue weighted by Crippen LogP contribution is -1.99. The van der Waals surface area contributed by atoms with Gasteiger partial charge in [0, 0.05) is 16.1 Å². The highest BCUT2D eigenvalue weighted by molar-refractivity contribution is 6.30. The van der Waals surface area contributed by atoms with Gasteiger partial charge in [-0.3, -0.25) is 0 Å². The van der Waals surface area contributed by atoms with E-state index in [0.29, 0.717) is 22.2 Å². The molecular formula is C20H14ClN3O. The van der Waals surface area contributed by atoms with Crippen LogP contribution in [0.4, 0.5) is 11.5 Å². The van der Waals surface area contributed by atoms with Crippen LogP contribution in [-0.2, 0) is 0 Å². The Morgan fingerprint density at radius 3 is 2.48 bits per heavy atom. The predicted octanol–water partition coefficient (Wildman–Crippen LogP) is 5.40. The number of phenolic OH excluding ortho intramolecular Hbond substituents is 1. The van der Waals surface area contributed by atoms with Crippen LogP contribution in [0.1, 0.15) is 0 Å². The summed E-state index contributed by atoms with van der Waals surface area (Å²) in [6, 6.07) is 22.2. The summed E-state index contributed by atoms with van der Waals surface area (Å²) in [7, 11) is 0. The maximum atomic E-state index is 10.1. The number of nitrogens with one attached hydrogen (secondary N) is 1. The molecule has 0 aliphatic rings. The summed E-state index contributed by atoms with van der Waals surface area (Å²) in [6.07, 6.45) is 0. The van der Waals surface area contributed by atoms with Crippen LogP contribution < -0.4 is 5.32 Å². The second kappa shape index (κ2) is 6.42. The molecular weight excluding hydrogens is 334 g/mol.